The standard InChI is InChI=1S/C16H22ClNO3/c1-3-10-5-4-6-11(7-10)21-16(19)12-8-13(17)14(18)9-15(12)20-2/h8-11H,3-7,18H2,1-2H3. The van der Waals surface area contributed by atoms with E-state index < -0.39 is 5.97 Å². The van der Waals surface area contributed by atoms with E-state index in [0.717, 1.165) is 25.7 Å². The van der Waals surface area contributed by atoms with Crippen LogP contribution >= 0.6 is 11.6 Å². The van der Waals surface area contributed by atoms with Gasteiger partial charge in [-0.15, -0.1) is 0 Å². The molecule has 2 rings (SSSR count). The van der Waals surface area contributed by atoms with E-state index in [4.69, 9.17) is 26.8 Å². The van der Waals surface area contributed by atoms with Gasteiger partial charge in [-0.25, -0.2) is 4.79 Å². The van der Waals surface area contributed by atoms with Crippen LogP contribution in [0.2, 0.25) is 5.02 Å². The molecule has 0 aromatic heterocycles. The molecule has 1 aliphatic carbocycles. The third-order valence-corrected chi connectivity index (χ3v) is 4.45. The average molecular weight is 312 g/mol. The molecule has 2 N–H and O–H groups in total. The highest BCUT2D eigenvalue weighted by Gasteiger charge is 2.25. The average Bonchev–Trinajstić information content (AvgIpc) is 2.49. The van der Waals surface area contributed by atoms with Crippen LogP contribution in [-0.2, 0) is 4.74 Å². The summed E-state index contributed by atoms with van der Waals surface area (Å²) in [7, 11) is 1.49. The van der Waals surface area contributed by atoms with E-state index in [1.54, 1.807) is 6.07 Å². The number of nitrogens with two attached hydrogens (primary N) is 1. The Morgan fingerprint density at radius 3 is 2.86 bits per heavy atom. The number of carbonyl (C=O) groups excluding carboxylic acids is 1. The summed E-state index contributed by atoms with van der Waals surface area (Å²) in [6, 6.07) is 3.06. The molecule has 0 bridgehead atoms. The Morgan fingerprint density at radius 1 is 1.43 bits per heavy atom. The van der Waals surface area contributed by atoms with Crippen LogP contribution in [0.1, 0.15) is 49.4 Å². The Balaban J connectivity index is 2.11. The molecule has 2 unspecified atom stereocenters. The van der Waals surface area contributed by atoms with Crippen LogP contribution in [-0.4, -0.2) is 19.2 Å². The van der Waals surface area contributed by atoms with Gasteiger partial charge in [-0.2, -0.15) is 0 Å². The van der Waals surface area contributed by atoms with Crippen LogP contribution in [0.25, 0.3) is 0 Å². The molecule has 0 amide bonds. The van der Waals surface area contributed by atoms with Crippen LogP contribution < -0.4 is 10.5 Å². The molecule has 2 atom stereocenters. The zero-order valence-electron chi connectivity index (χ0n) is 12.5. The summed E-state index contributed by atoms with van der Waals surface area (Å²) in [5.41, 5.74) is 6.43. The lowest BCUT2D eigenvalue weighted by atomic mass is 9.85. The van der Waals surface area contributed by atoms with Crippen LogP contribution in [0, 0.1) is 5.92 Å². The predicted octanol–water partition coefficient (Wildman–Crippen LogP) is 4.06. The van der Waals surface area contributed by atoms with Gasteiger partial charge < -0.3 is 15.2 Å². The number of benzene rings is 1. The summed E-state index contributed by atoms with van der Waals surface area (Å²) in [6.45, 7) is 2.18. The van der Waals surface area contributed by atoms with Crippen LogP contribution in [0.15, 0.2) is 12.1 Å². The molecule has 0 aliphatic heterocycles. The minimum atomic E-state index is -0.393. The molecule has 1 aromatic carbocycles. The Bertz CT molecular complexity index is 518. The van der Waals surface area contributed by atoms with Crippen molar-refractivity contribution in [1.29, 1.82) is 0 Å². The van der Waals surface area contributed by atoms with Gasteiger partial charge in [-0.3, -0.25) is 0 Å². The lowest BCUT2D eigenvalue weighted by molar-refractivity contribution is 0.0137. The van der Waals surface area contributed by atoms with Crippen molar-refractivity contribution in [3.63, 3.8) is 0 Å². The van der Waals surface area contributed by atoms with Gasteiger partial charge in [0.2, 0.25) is 0 Å². The number of rotatable bonds is 4. The molecule has 5 heteroatoms. The van der Waals surface area contributed by atoms with Crippen LogP contribution in [0.5, 0.6) is 5.75 Å². The van der Waals surface area contributed by atoms with Crippen molar-refractivity contribution in [3.05, 3.63) is 22.7 Å². The lowest BCUT2D eigenvalue weighted by Crippen LogP contribution is -2.25. The number of esters is 1. The zero-order chi connectivity index (χ0) is 15.4. The first-order chi connectivity index (χ1) is 10.0. The molecule has 4 nitrogen and oxygen atoms in total. The molecule has 1 aliphatic rings. The Morgan fingerprint density at radius 2 is 2.19 bits per heavy atom. The second-order valence-electron chi connectivity index (χ2n) is 5.54. The molecule has 0 saturated heterocycles. The maximum absolute atomic E-state index is 12.3. The number of halogens is 1. The maximum atomic E-state index is 12.3. The van der Waals surface area contributed by atoms with Gasteiger partial charge in [-0.05, 0) is 31.2 Å². The van der Waals surface area contributed by atoms with Gasteiger partial charge in [0.1, 0.15) is 17.4 Å². The third-order valence-electron chi connectivity index (χ3n) is 4.12. The fourth-order valence-corrected chi connectivity index (χ4v) is 3.00. The van der Waals surface area contributed by atoms with Crippen molar-refractivity contribution in [2.45, 2.75) is 45.1 Å². The SMILES string of the molecule is CCC1CCCC(OC(=O)c2cc(Cl)c(N)cc2OC)C1. The van der Waals surface area contributed by atoms with E-state index in [9.17, 15) is 4.79 Å². The molecule has 0 spiro atoms. The highest BCUT2D eigenvalue weighted by molar-refractivity contribution is 6.33. The van der Waals surface area contributed by atoms with Crippen LogP contribution in [0.3, 0.4) is 0 Å². The summed E-state index contributed by atoms with van der Waals surface area (Å²) in [4.78, 5) is 12.3. The number of nitrogen functional groups attached to an aromatic ring is 1. The molecule has 1 saturated carbocycles. The van der Waals surface area contributed by atoms with Crippen molar-refractivity contribution in [3.8, 4) is 5.75 Å². The second kappa shape index (κ2) is 7.03. The minimum absolute atomic E-state index is 0.0164. The highest BCUT2D eigenvalue weighted by atomic mass is 35.5. The number of hydrogen-bond donors (Lipinski definition) is 1. The molecule has 0 radical (unpaired) electrons. The molecule has 1 aromatic rings. The lowest BCUT2D eigenvalue weighted by Gasteiger charge is -2.28. The van der Waals surface area contributed by atoms with E-state index in [1.807, 2.05) is 0 Å². The number of carbonyl (C=O) groups is 1. The summed E-state index contributed by atoms with van der Waals surface area (Å²) < 4.78 is 10.8. The van der Waals surface area contributed by atoms with Crippen molar-refractivity contribution in [2.24, 2.45) is 5.92 Å². The van der Waals surface area contributed by atoms with E-state index in [0.29, 0.717) is 27.9 Å². The number of methoxy groups -OCH3 is 1. The summed E-state index contributed by atoms with van der Waals surface area (Å²) >= 11 is 5.99. The monoisotopic (exact) mass is 311 g/mol. The first-order valence-corrected chi connectivity index (χ1v) is 7.76. The molecule has 116 valence electrons. The maximum Gasteiger partial charge on any atom is 0.342 e. The Labute approximate surface area is 130 Å². The van der Waals surface area contributed by atoms with Crippen molar-refractivity contribution >= 4 is 23.3 Å². The van der Waals surface area contributed by atoms with Gasteiger partial charge >= 0.3 is 5.97 Å². The van der Waals surface area contributed by atoms with Crippen molar-refractivity contribution in [2.75, 3.05) is 12.8 Å². The first-order valence-electron chi connectivity index (χ1n) is 7.39. The smallest absolute Gasteiger partial charge is 0.342 e. The zero-order valence-corrected chi connectivity index (χ0v) is 13.3. The largest absolute Gasteiger partial charge is 0.496 e. The van der Waals surface area contributed by atoms with Gasteiger partial charge in [0, 0.05) is 6.07 Å². The van der Waals surface area contributed by atoms with Gasteiger partial charge in [0.15, 0.2) is 0 Å². The van der Waals surface area contributed by atoms with E-state index in [1.165, 1.54) is 19.6 Å². The Kier molecular flexibility index (Phi) is 5.34. The molecule has 1 fully saturated rings. The quantitative estimate of drug-likeness (QED) is 0.673. The first kappa shape index (κ1) is 16.0. The van der Waals surface area contributed by atoms with Crippen molar-refractivity contribution in [1.82, 2.24) is 0 Å². The third kappa shape index (κ3) is 3.82. The topological polar surface area (TPSA) is 61.5 Å². The van der Waals surface area contributed by atoms with Gasteiger partial charge in [0.25, 0.3) is 0 Å². The number of anilines is 1. The van der Waals surface area contributed by atoms with Gasteiger partial charge in [0.05, 0.1) is 17.8 Å². The van der Waals surface area contributed by atoms with Crippen LogP contribution in [0.4, 0.5) is 5.69 Å². The molecule has 21 heavy (non-hydrogen) atoms. The normalized spacial score (nSPS) is 21.9. The number of hydrogen-bond acceptors (Lipinski definition) is 4. The summed E-state index contributed by atoms with van der Waals surface area (Å²) in [5.74, 6) is 0.647. The highest BCUT2D eigenvalue weighted by Crippen LogP contribution is 2.32. The molecular formula is C16H22ClNO3. The fraction of sp³-hybridized carbons (Fsp3) is 0.562. The van der Waals surface area contributed by atoms with E-state index in [-0.39, 0.29) is 6.10 Å². The number of ether oxygens (including phenoxy) is 2. The van der Waals surface area contributed by atoms with Gasteiger partial charge in [-0.1, -0.05) is 31.4 Å². The summed E-state index contributed by atoms with van der Waals surface area (Å²) in [5, 5.41) is 0.331. The summed E-state index contributed by atoms with van der Waals surface area (Å²) in [6.07, 6.45) is 5.31. The second-order valence-corrected chi connectivity index (χ2v) is 5.95. The molecule has 0 heterocycles. The minimum Gasteiger partial charge on any atom is -0.496 e. The van der Waals surface area contributed by atoms with E-state index in [2.05, 4.69) is 6.92 Å². The van der Waals surface area contributed by atoms with E-state index >= 15 is 0 Å². The Hall–Kier alpha value is -1.42. The van der Waals surface area contributed by atoms with Crippen molar-refractivity contribution < 1.29 is 14.3 Å². The predicted molar refractivity (Wildman–Crippen MR) is 83.9 cm³/mol. The molecular weight excluding hydrogens is 290 g/mol. The fourth-order valence-electron chi connectivity index (χ4n) is 2.83.